The minimum absolute atomic E-state index is 0.121. The fraction of sp³-hybridized carbons (Fsp3) is 0.318. The third-order valence-electron chi connectivity index (χ3n) is 5.90. The maximum atomic E-state index is 12.9. The van der Waals surface area contributed by atoms with E-state index in [0.29, 0.717) is 5.56 Å². The second-order valence-electron chi connectivity index (χ2n) is 7.90. The van der Waals surface area contributed by atoms with Gasteiger partial charge in [0.15, 0.2) is 0 Å². The topological polar surface area (TPSA) is 84.4 Å². The highest BCUT2D eigenvalue weighted by molar-refractivity contribution is 5.96. The Morgan fingerprint density at radius 2 is 1.96 bits per heavy atom. The van der Waals surface area contributed by atoms with Gasteiger partial charge in [0.05, 0.1) is 11.7 Å². The number of hydrazine groups is 1. The van der Waals surface area contributed by atoms with Crippen molar-refractivity contribution in [1.29, 1.82) is 0 Å². The predicted octanol–water partition coefficient (Wildman–Crippen LogP) is 1.33. The molecule has 5 nitrogen and oxygen atoms in total. The summed E-state index contributed by atoms with van der Waals surface area (Å²) in [6, 6.07) is 12.1. The molecule has 1 fully saturated rings. The van der Waals surface area contributed by atoms with Crippen LogP contribution in [0.4, 0.5) is 0 Å². The van der Waals surface area contributed by atoms with Gasteiger partial charge in [0, 0.05) is 11.8 Å². The molecule has 0 saturated heterocycles. The second-order valence-corrected chi connectivity index (χ2v) is 7.90. The van der Waals surface area contributed by atoms with Crippen LogP contribution in [0.2, 0.25) is 0 Å². The van der Waals surface area contributed by atoms with Crippen LogP contribution >= 0.6 is 0 Å². The van der Waals surface area contributed by atoms with Gasteiger partial charge in [-0.05, 0) is 84.5 Å². The number of hydrogen-bond acceptors (Lipinski definition) is 4. The molecular formula is C22H26N4O. The minimum Gasteiger partial charge on any atom is -0.372 e. The molecule has 1 atom stereocenters. The Morgan fingerprint density at radius 3 is 2.67 bits per heavy atom. The van der Waals surface area contributed by atoms with Gasteiger partial charge in [-0.2, -0.15) is 0 Å². The standard InChI is InChI=1S/C22H26N4O/c1-14-4-5-17(21(27)26(24)22(2)8-3-9-22)11-19(14)16-7-6-15-12-20(23)25-13-18(15)10-16/h4-7,10-13,20,25H,3,8-9,23-24H2,1-2H3. The fourth-order valence-electron chi connectivity index (χ4n) is 3.83. The van der Waals surface area contributed by atoms with E-state index in [4.69, 9.17) is 11.6 Å². The van der Waals surface area contributed by atoms with E-state index in [1.165, 1.54) is 5.01 Å². The van der Waals surface area contributed by atoms with Crippen molar-refractivity contribution < 1.29 is 4.79 Å². The summed E-state index contributed by atoms with van der Waals surface area (Å²) < 4.78 is 0. The number of rotatable bonds is 3. The summed E-state index contributed by atoms with van der Waals surface area (Å²) in [6.07, 6.45) is 6.82. The van der Waals surface area contributed by atoms with Crippen LogP contribution in [0.5, 0.6) is 0 Å². The van der Waals surface area contributed by atoms with Gasteiger partial charge < -0.3 is 11.1 Å². The van der Waals surface area contributed by atoms with Gasteiger partial charge in [-0.3, -0.25) is 9.80 Å². The average molecular weight is 362 g/mol. The number of nitrogens with zero attached hydrogens (tertiary/aromatic N) is 1. The molecule has 4 rings (SSSR count). The molecule has 27 heavy (non-hydrogen) atoms. The number of carbonyl (C=O) groups excluding carboxylic acids is 1. The first-order valence-electron chi connectivity index (χ1n) is 9.41. The maximum absolute atomic E-state index is 12.9. The first-order valence-corrected chi connectivity index (χ1v) is 9.41. The lowest BCUT2D eigenvalue weighted by Crippen LogP contribution is -2.57. The highest BCUT2D eigenvalue weighted by Gasteiger charge is 2.39. The molecule has 1 amide bonds. The van der Waals surface area contributed by atoms with Crippen molar-refractivity contribution in [2.45, 2.75) is 44.8 Å². The van der Waals surface area contributed by atoms with Crippen molar-refractivity contribution in [1.82, 2.24) is 10.3 Å². The normalized spacial score (nSPS) is 19.6. The van der Waals surface area contributed by atoms with Crippen LogP contribution in [0, 0.1) is 6.92 Å². The van der Waals surface area contributed by atoms with E-state index in [0.717, 1.165) is 46.4 Å². The van der Waals surface area contributed by atoms with E-state index in [1.807, 2.05) is 30.5 Å². The van der Waals surface area contributed by atoms with Crippen molar-refractivity contribution >= 4 is 18.2 Å². The Balaban J connectivity index is 1.72. The lowest BCUT2D eigenvalue weighted by Gasteiger charge is -2.45. The summed E-state index contributed by atoms with van der Waals surface area (Å²) >= 11 is 0. The third-order valence-corrected chi connectivity index (χ3v) is 5.90. The summed E-state index contributed by atoms with van der Waals surface area (Å²) in [5.41, 5.74) is 9.54. The van der Waals surface area contributed by atoms with Gasteiger partial charge in [0.1, 0.15) is 0 Å². The smallest absolute Gasteiger partial charge is 0.268 e. The SMILES string of the molecule is Cc1ccc(C(=O)N(N)C2(C)CCC2)cc1-c1ccc2c(c1)=CNC(N)C=2. The zero-order valence-corrected chi connectivity index (χ0v) is 15.8. The van der Waals surface area contributed by atoms with E-state index in [-0.39, 0.29) is 17.6 Å². The molecule has 1 aliphatic heterocycles. The van der Waals surface area contributed by atoms with Crippen molar-refractivity contribution in [2.24, 2.45) is 11.6 Å². The predicted molar refractivity (Wildman–Crippen MR) is 109 cm³/mol. The summed E-state index contributed by atoms with van der Waals surface area (Å²) in [5.74, 6) is 6.05. The number of amides is 1. The molecule has 140 valence electrons. The van der Waals surface area contributed by atoms with Gasteiger partial charge >= 0.3 is 0 Å². The number of fused-ring (bicyclic) bond motifs is 1. The lowest BCUT2D eigenvalue weighted by atomic mass is 9.77. The van der Waals surface area contributed by atoms with Crippen molar-refractivity contribution in [3.8, 4) is 11.1 Å². The zero-order chi connectivity index (χ0) is 19.2. The number of aryl methyl sites for hydroxylation is 1. The molecule has 0 radical (unpaired) electrons. The highest BCUT2D eigenvalue weighted by Crippen LogP contribution is 2.36. The van der Waals surface area contributed by atoms with Crippen LogP contribution in [0.3, 0.4) is 0 Å². The van der Waals surface area contributed by atoms with E-state index in [2.05, 4.69) is 37.4 Å². The van der Waals surface area contributed by atoms with Crippen LogP contribution in [0.1, 0.15) is 42.1 Å². The first kappa shape index (κ1) is 17.8. The van der Waals surface area contributed by atoms with E-state index < -0.39 is 0 Å². The molecule has 2 aromatic carbocycles. The monoisotopic (exact) mass is 362 g/mol. The first-order chi connectivity index (χ1) is 12.9. The van der Waals surface area contributed by atoms with Gasteiger partial charge in [0.2, 0.25) is 0 Å². The Kier molecular flexibility index (Phi) is 4.29. The maximum Gasteiger partial charge on any atom is 0.268 e. The van der Waals surface area contributed by atoms with Gasteiger partial charge in [-0.25, -0.2) is 5.84 Å². The van der Waals surface area contributed by atoms with Crippen molar-refractivity contribution in [3.05, 3.63) is 58.0 Å². The number of benzene rings is 2. The van der Waals surface area contributed by atoms with Gasteiger partial charge in [0.25, 0.3) is 5.91 Å². The van der Waals surface area contributed by atoms with Crippen LogP contribution in [0.15, 0.2) is 36.4 Å². The quantitative estimate of drug-likeness (QED) is 0.437. The Bertz CT molecular complexity index is 1020. The molecule has 1 aliphatic carbocycles. The molecule has 0 bridgehead atoms. The number of hydrogen-bond donors (Lipinski definition) is 3. The Morgan fingerprint density at radius 1 is 1.19 bits per heavy atom. The van der Waals surface area contributed by atoms with Gasteiger partial charge in [-0.15, -0.1) is 0 Å². The molecule has 2 aliphatic rings. The van der Waals surface area contributed by atoms with Crippen molar-refractivity contribution in [3.63, 3.8) is 0 Å². The van der Waals surface area contributed by atoms with Crippen LogP contribution in [0.25, 0.3) is 23.4 Å². The summed E-state index contributed by atoms with van der Waals surface area (Å²) in [7, 11) is 0. The van der Waals surface area contributed by atoms with Gasteiger partial charge in [-0.1, -0.05) is 18.2 Å². The summed E-state index contributed by atoms with van der Waals surface area (Å²) in [5, 5.41) is 6.75. The molecule has 0 spiro atoms. The van der Waals surface area contributed by atoms with Crippen molar-refractivity contribution in [2.75, 3.05) is 0 Å². The van der Waals surface area contributed by atoms with E-state index >= 15 is 0 Å². The molecular weight excluding hydrogens is 336 g/mol. The second kappa shape index (κ2) is 6.51. The van der Waals surface area contributed by atoms with Crippen LogP contribution < -0.4 is 27.3 Å². The third kappa shape index (κ3) is 3.13. The van der Waals surface area contributed by atoms with Crippen LogP contribution in [-0.4, -0.2) is 22.6 Å². The molecule has 5 heteroatoms. The summed E-state index contributed by atoms with van der Waals surface area (Å²) in [6.45, 7) is 4.11. The van der Waals surface area contributed by atoms with Crippen LogP contribution in [-0.2, 0) is 0 Å². The number of nitrogens with one attached hydrogen (secondary N) is 1. The Hall–Kier alpha value is -2.63. The lowest BCUT2D eigenvalue weighted by molar-refractivity contribution is 0.0242. The molecule has 2 aromatic rings. The fourth-order valence-corrected chi connectivity index (χ4v) is 3.83. The van der Waals surface area contributed by atoms with E-state index in [1.54, 1.807) is 0 Å². The Labute approximate surface area is 159 Å². The molecule has 1 heterocycles. The molecule has 0 aromatic heterocycles. The average Bonchev–Trinajstić information content (AvgIpc) is 2.65. The highest BCUT2D eigenvalue weighted by atomic mass is 16.2. The number of carbonyl (C=O) groups is 1. The number of nitrogens with two attached hydrogens (primary N) is 2. The summed E-state index contributed by atoms with van der Waals surface area (Å²) in [4.78, 5) is 12.9. The largest absolute Gasteiger partial charge is 0.372 e. The molecule has 1 unspecified atom stereocenters. The molecule has 1 saturated carbocycles. The zero-order valence-electron chi connectivity index (χ0n) is 15.8. The van der Waals surface area contributed by atoms with E-state index in [9.17, 15) is 4.79 Å². The molecule has 5 N–H and O–H groups in total. The minimum atomic E-state index is -0.219.